The number of hydrogen-bond donors (Lipinski definition) is 3. The first-order valence-corrected chi connectivity index (χ1v) is 7.05. The zero-order valence-electron chi connectivity index (χ0n) is 12.0. The summed E-state index contributed by atoms with van der Waals surface area (Å²) >= 11 is 0. The highest BCUT2D eigenvalue weighted by atomic mass is 16.5. The van der Waals surface area contributed by atoms with E-state index >= 15 is 0 Å². The van der Waals surface area contributed by atoms with E-state index < -0.39 is 5.97 Å². The number of benzene rings is 1. The minimum Gasteiger partial charge on any atom is -0.480 e. The molecule has 2 rings (SSSR count). The van der Waals surface area contributed by atoms with Gasteiger partial charge in [-0.25, -0.2) is 4.79 Å². The van der Waals surface area contributed by atoms with Gasteiger partial charge in [0.15, 0.2) is 0 Å². The fourth-order valence-electron chi connectivity index (χ4n) is 1.79. The topological polar surface area (TPSA) is 105 Å². The number of anilines is 1. The summed E-state index contributed by atoms with van der Waals surface area (Å²) in [5.41, 5.74) is 1.13. The number of rotatable bonds is 8. The van der Waals surface area contributed by atoms with Crippen LogP contribution in [0.2, 0.25) is 0 Å². The van der Waals surface area contributed by atoms with E-state index in [1.807, 2.05) is 0 Å². The fourth-order valence-corrected chi connectivity index (χ4v) is 1.79. The van der Waals surface area contributed by atoms with Crippen molar-refractivity contribution in [2.75, 3.05) is 25.1 Å². The molecule has 0 heterocycles. The molecular formula is C15H18N2O5. The van der Waals surface area contributed by atoms with Gasteiger partial charge in [-0.3, -0.25) is 9.59 Å². The summed E-state index contributed by atoms with van der Waals surface area (Å²) in [6.07, 6.45) is 1.88. The lowest BCUT2D eigenvalue weighted by molar-refractivity contribution is -0.142. The molecule has 0 atom stereocenters. The number of ether oxygens (including phenoxy) is 1. The second-order valence-corrected chi connectivity index (χ2v) is 5.04. The smallest absolute Gasteiger partial charge is 0.329 e. The van der Waals surface area contributed by atoms with E-state index in [1.165, 1.54) is 0 Å². The third-order valence-corrected chi connectivity index (χ3v) is 3.12. The van der Waals surface area contributed by atoms with Gasteiger partial charge in [-0.2, -0.15) is 0 Å². The molecule has 1 aliphatic carbocycles. The maximum atomic E-state index is 11.8. The van der Waals surface area contributed by atoms with Gasteiger partial charge in [0.25, 0.3) is 5.91 Å². The largest absolute Gasteiger partial charge is 0.480 e. The van der Waals surface area contributed by atoms with Crippen LogP contribution in [0.25, 0.3) is 0 Å². The van der Waals surface area contributed by atoms with Crippen molar-refractivity contribution < 1.29 is 24.2 Å². The molecule has 0 unspecified atom stereocenters. The maximum absolute atomic E-state index is 11.8. The van der Waals surface area contributed by atoms with Crippen LogP contribution in [0.3, 0.4) is 0 Å². The van der Waals surface area contributed by atoms with Crippen molar-refractivity contribution in [3.8, 4) is 0 Å². The summed E-state index contributed by atoms with van der Waals surface area (Å²) in [6, 6.07) is 6.60. The van der Waals surface area contributed by atoms with E-state index in [2.05, 4.69) is 10.6 Å². The number of amides is 2. The van der Waals surface area contributed by atoms with Crippen LogP contribution in [0.1, 0.15) is 23.2 Å². The fraction of sp³-hybridized carbons (Fsp3) is 0.400. The molecule has 1 aliphatic rings. The zero-order valence-corrected chi connectivity index (χ0v) is 12.0. The van der Waals surface area contributed by atoms with Crippen LogP contribution in [-0.2, 0) is 14.3 Å². The number of nitrogens with one attached hydrogen (secondary N) is 2. The van der Waals surface area contributed by atoms with E-state index in [0.29, 0.717) is 11.3 Å². The van der Waals surface area contributed by atoms with Crippen molar-refractivity contribution in [3.63, 3.8) is 0 Å². The Kier molecular flexibility index (Phi) is 5.48. The Bertz CT molecular complexity index is 552. The van der Waals surface area contributed by atoms with Crippen LogP contribution in [0.4, 0.5) is 5.69 Å². The molecule has 118 valence electrons. The summed E-state index contributed by atoms with van der Waals surface area (Å²) in [7, 11) is 0. The summed E-state index contributed by atoms with van der Waals surface area (Å²) in [6.45, 7) is -0.0227. The van der Waals surface area contributed by atoms with Gasteiger partial charge in [0, 0.05) is 23.7 Å². The maximum Gasteiger partial charge on any atom is 0.329 e. The van der Waals surface area contributed by atoms with Gasteiger partial charge in [0.05, 0.1) is 6.61 Å². The quantitative estimate of drug-likeness (QED) is 0.618. The molecule has 3 N–H and O–H groups in total. The number of carbonyl (C=O) groups is 3. The Morgan fingerprint density at radius 3 is 2.45 bits per heavy atom. The second-order valence-electron chi connectivity index (χ2n) is 5.04. The van der Waals surface area contributed by atoms with E-state index in [-0.39, 0.29) is 37.5 Å². The van der Waals surface area contributed by atoms with Gasteiger partial charge in [0.1, 0.15) is 6.61 Å². The predicted molar refractivity (Wildman–Crippen MR) is 78.6 cm³/mol. The second kappa shape index (κ2) is 7.56. The highest BCUT2D eigenvalue weighted by Gasteiger charge is 2.29. The number of aliphatic carboxylic acids is 1. The van der Waals surface area contributed by atoms with Crippen molar-refractivity contribution in [2.24, 2.45) is 5.92 Å². The van der Waals surface area contributed by atoms with Crippen LogP contribution >= 0.6 is 0 Å². The number of hydrogen-bond acceptors (Lipinski definition) is 4. The van der Waals surface area contributed by atoms with E-state index in [4.69, 9.17) is 9.84 Å². The van der Waals surface area contributed by atoms with Gasteiger partial charge < -0.3 is 20.5 Å². The van der Waals surface area contributed by atoms with Gasteiger partial charge in [-0.1, -0.05) is 0 Å². The zero-order chi connectivity index (χ0) is 15.9. The number of carboxylic acids is 1. The van der Waals surface area contributed by atoms with Crippen molar-refractivity contribution in [1.29, 1.82) is 0 Å². The molecule has 1 saturated carbocycles. The van der Waals surface area contributed by atoms with E-state index in [9.17, 15) is 14.4 Å². The number of carbonyl (C=O) groups excluding carboxylic acids is 2. The molecule has 0 saturated heterocycles. The molecule has 0 radical (unpaired) electrons. The average molecular weight is 306 g/mol. The van der Waals surface area contributed by atoms with Crippen molar-refractivity contribution in [3.05, 3.63) is 29.8 Å². The highest BCUT2D eigenvalue weighted by molar-refractivity contribution is 5.96. The van der Waals surface area contributed by atoms with Gasteiger partial charge in [-0.05, 0) is 37.1 Å². The monoisotopic (exact) mass is 306 g/mol. The van der Waals surface area contributed by atoms with Crippen LogP contribution in [0.5, 0.6) is 0 Å². The Labute approximate surface area is 127 Å². The average Bonchev–Trinajstić information content (AvgIpc) is 3.31. The Hall–Kier alpha value is -2.41. The first kappa shape index (κ1) is 16.0. The lowest BCUT2D eigenvalue weighted by Crippen LogP contribution is -2.27. The molecule has 7 nitrogen and oxygen atoms in total. The molecule has 22 heavy (non-hydrogen) atoms. The van der Waals surface area contributed by atoms with Crippen LogP contribution in [0, 0.1) is 5.92 Å². The molecule has 0 aliphatic heterocycles. The third-order valence-electron chi connectivity index (χ3n) is 3.12. The molecule has 1 aromatic carbocycles. The molecular weight excluding hydrogens is 288 g/mol. The van der Waals surface area contributed by atoms with Crippen LogP contribution in [-0.4, -0.2) is 42.6 Å². The lowest BCUT2D eigenvalue weighted by Gasteiger charge is -2.07. The molecule has 0 aromatic heterocycles. The van der Waals surface area contributed by atoms with Gasteiger partial charge in [0.2, 0.25) is 5.91 Å². The number of carboxylic acid groups (broad SMARTS) is 1. The highest BCUT2D eigenvalue weighted by Crippen LogP contribution is 2.30. The minimum absolute atomic E-state index is 0.0211. The Morgan fingerprint density at radius 1 is 1.18 bits per heavy atom. The molecule has 7 heteroatoms. The van der Waals surface area contributed by atoms with Crippen molar-refractivity contribution >= 4 is 23.5 Å². The summed E-state index contributed by atoms with van der Waals surface area (Å²) in [4.78, 5) is 33.7. The van der Waals surface area contributed by atoms with Crippen LogP contribution < -0.4 is 10.6 Å². The third kappa shape index (κ3) is 5.17. The first-order chi connectivity index (χ1) is 10.6. The lowest BCUT2D eigenvalue weighted by atomic mass is 10.2. The molecule has 1 fully saturated rings. The SMILES string of the molecule is O=C(O)COCCNC(=O)c1ccc(NC(=O)C2CC2)cc1. The molecule has 2 amide bonds. The minimum atomic E-state index is -1.05. The summed E-state index contributed by atoms with van der Waals surface area (Å²) < 4.78 is 4.81. The van der Waals surface area contributed by atoms with Gasteiger partial charge in [-0.15, -0.1) is 0 Å². The Morgan fingerprint density at radius 2 is 1.86 bits per heavy atom. The molecule has 0 bridgehead atoms. The van der Waals surface area contributed by atoms with E-state index in [1.54, 1.807) is 24.3 Å². The first-order valence-electron chi connectivity index (χ1n) is 7.05. The van der Waals surface area contributed by atoms with Crippen molar-refractivity contribution in [1.82, 2.24) is 5.32 Å². The van der Waals surface area contributed by atoms with E-state index in [0.717, 1.165) is 12.8 Å². The van der Waals surface area contributed by atoms with Crippen molar-refractivity contribution in [2.45, 2.75) is 12.8 Å². The standard InChI is InChI=1S/C15H18N2O5/c18-13(19)9-22-8-7-16-14(20)10-3-5-12(6-4-10)17-15(21)11-1-2-11/h3-6,11H,1-2,7-9H2,(H,16,20)(H,17,21)(H,18,19). The normalized spacial score (nSPS) is 13.5. The predicted octanol–water partition coefficient (Wildman–Crippen LogP) is 0.866. The molecule has 1 aromatic rings. The van der Waals surface area contributed by atoms with Gasteiger partial charge >= 0.3 is 5.97 Å². The van der Waals surface area contributed by atoms with Crippen LogP contribution in [0.15, 0.2) is 24.3 Å². The molecule has 0 spiro atoms. The Balaban J connectivity index is 1.73. The summed E-state index contributed by atoms with van der Waals surface area (Å²) in [5, 5.41) is 13.8. The summed E-state index contributed by atoms with van der Waals surface area (Å²) in [5.74, 6) is -1.17.